The number of carbonyl (C=O) groups is 1. The lowest BCUT2D eigenvalue weighted by Gasteiger charge is -2.31. The molecule has 0 saturated heterocycles. The highest BCUT2D eigenvalue weighted by Gasteiger charge is 2.31. The Hall–Kier alpha value is -1.52. The van der Waals surface area contributed by atoms with Gasteiger partial charge in [-0.3, -0.25) is 9.48 Å². The van der Waals surface area contributed by atoms with E-state index < -0.39 is 0 Å². The Labute approximate surface area is 133 Å². The highest BCUT2D eigenvalue weighted by atomic mass is 16.1. The first-order valence-electron chi connectivity index (χ1n) is 8.34. The first-order valence-corrected chi connectivity index (χ1v) is 8.34. The first kappa shape index (κ1) is 16.8. The first-order chi connectivity index (χ1) is 10.2. The Morgan fingerprint density at radius 2 is 1.91 bits per heavy atom. The molecule has 1 aromatic heterocycles. The third-order valence-electron chi connectivity index (χ3n) is 4.34. The minimum atomic E-state index is -0.0706. The van der Waals surface area contributed by atoms with Gasteiger partial charge < -0.3 is 11.1 Å². The van der Waals surface area contributed by atoms with Gasteiger partial charge in [0.05, 0.1) is 5.54 Å². The second-order valence-corrected chi connectivity index (χ2v) is 7.79. The van der Waals surface area contributed by atoms with E-state index in [0.29, 0.717) is 11.7 Å². The zero-order valence-electron chi connectivity index (χ0n) is 14.5. The van der Waals surface area contributed by atoms with Gasteiger partial charge >= 0.3 is 0 Å². The van der Waals surface area contributed by atoms with E-state index in [1.807, 2.05) is 19.9 Å². The average Bonchev–Trinajstić information content (AvgIpc) is 2.80. The number of carbonyl (C=O) groups excluding carboxylic acids is 1. The topological polar surface area (TPSA) is 72.9 Å². The molecule has 124 valence electrons. The van der Waals surface area contributed by atoms with Gasteiger partial charge in [-0.2, -0.15) is 5.10 Å². The van der Waals surface area contributed by atoms with Crippen LogP contribution in [0.25, 0.3) is 0 Å². The van der Waals surface area contributed by atoms with Crippen molar-refractivity contribution in [2.45, 2.75) is 77.8 Å². The van der Waals surface area contributed by atoms with Gasteiger partial charge in [0.25, 0.3) is 0 Å². The van der Waals surface area contributed by atoms with Crippen LogP contribution in [0.3, 0.4) is 0 Å². The molecular weight excluding hydrogens is 276 g/mol. The molecule has 5 heteroatoms. The number of nitrogens with one attached hydrogen (secondary N) is 1. The van der Waals surface area contributed by atoms with Crippen molar-refractivity contribution in [1.82, 2.24) is 15.1 Å². The van der Waals surface area contributed by atoms with Gasteiger partial charge in [-0.25, -0.2) is 0 Å². The molecule has 0 spiro atoms. The lowest BCUT2D eigenvalue weighted by Crippen LogP contribution is -2.37. The van der Waals surface area contributed by atoms with Crippen LogP contribution in [0.15, 0.2) is 6.07 Å². The lowest BCUT2D eigenvalue weighted by molar-refractivity contribution is -0.126. The summed E-state index contributed by atoms with van der Waals surface area (Å²) >= 11 is 0. The molecule has 1 fully saturated rings. The van der Waals surface area contributed by atoms with Crippen LogP contribution in [0.2, 0.25) is 0 Å². The molecule has 22 heavy (non-hydrogen) atoms. The monoisotopic (exact) mass is 306 g/mol. The fourth-order valence-corrected chi connectivity index (χ4v) is 3.30. The SMILES string of the molecule is CC(C)NC(=O)C1CCC(c2cc(N)nn2C(C)(C)C)CC1. The van der Waals surface area contributed by atoms with Crippen LogP contribution in [0.4, 0.5) is 5.82 Å². The van der Waals surface area contributed by atoms with Crippen LogP contribution in [0, 0.1) is 5.92 Å². The van der Waals surface area contributed by atoms with E-state index in [9.17, 15) is 4.79 Å². The van der Waals surface area contributed by atoms with E-state index in [1.165, 1.54) is 5.69 Å². The highest BCUT2D eigenvalue weighted by molar-refractivity contribution is 5.78. The van der Waals surface area contributed by atoms with Gasteiger partial charge in [0.15, 0.2) is 0 Å². The summed E-state index contributed by atoms with van der Waals surface area (Å²) in [7, 11) is 0. The molecule has 0 aromatic carbocycles. The number of nitrogen functional groups attached to an aromatic ring is 1. The second kappa shape index (κ2) is 6.31. The summed E-state index contributed by atoms with van der Waals surface area (Å²) in [6.45, 7) is 10.4. The van der Waals surface area contributed by atoms with E-state index in [4.69, 9.17) is 5.73 Å². The molecule has 0 aliphatic heterocycles. The smallest absolute Gasteiger partial charge is 0.223 e. The molecule has 0 radical (unpaired) electrons. The molecule has 1 saturated carbocycles. The summed E-state index contributed by atoms with van der Waals surface area (Å²) in [4.78, 5) is 12.1. The molecule has 0 bridgehead atoms. The van der Waals surface area contributed by atoms with E-state index in [1.54, 1.807) is 0 Å². The van der Waals surface area contributed by atoms with Crippen LogP contribution in [0.1, 0.15) is 71.9 Å². The van der Waals surface area contributed by atoms with Crippen LogP contribution < -0.4 is 11.1 Å². The van der Waals surface area contributed by atoms with Crippen molar-refractivity contribution in [2.24, 2.45) is 5.92 Å². The van der Waals surface area contributed by atoms with Crippen LogP contribution in [-0.4, -0.2) is 21.7 Å². The molecule has 1 aromatic rings. The van der Waals surface area contributed by atoms with Crippen molar-refractivity contribution in [3.05, 3.63) is 11.8 Å². The highest BCUT2D eigenvalue weighted by Crippen LogP contribution is 2.38. The lowest BCUT2D eigenvalue weighted by atomic mass is 9.79. The van der Waals surface area contributed by atoms with E-state index in [0.717, 1.165) is 25.7 Å². The van der Waals surface area contributed by atoms with Crippen molar-refractivity contribution < 1.29 is 4.79 Å². The number of aromatic nitrogens is 2. The number of hydrogen-bond donors (Lipinski definition) is 2. The number of rotatable bonds is 3. The second-order valence-electron chi connectivity index (χ2n) is 7.79. The maximum Gasteiger partial charge on any atom is 0.223 e. The molecule has 3 N–H and O–H groups in total. The Bertz CT molecular complexity index is 519. The van der Waals surface area contributed by atoms with Crippen LogP contribution in [-0.2, 0) is 10.3 Å². The van der Waals surface area contributed by atoms with E-state index in [-0.39, 0.29) is 23.4 Å². The maximum absolute atomic E-state index is 12.1. The zero-order valence-corrected chi connectivity index (χ0v) is 14.5. The molecule has 1 aliphatic carbocycles. The van der Waals surface area contributed by atoms with Gasteiger partial charge in [-0.05, 0) is 60.3 Å². The Balaban J connectivity index is 2.05. The summed E-state index contributed by atoms with van der Waals surface area (Å²) in [6, 6.07) is 2.22. The van der Waals surface area contributed by atoms with Crippen molar-refractivity contribution in [3.63, 3.8) is 0 Å². The number of hydrogen-bond acceptors (Lipinski definition) is 3. The van der Waals surface area contributed by atoms with Crippen molar-refractivity contribution in [3.8, 4) is 0 Å². The zero-order chi connectivity index (χ0) is 16.5. The molecule has 5 nitrogen and oxygen atoms in total. The molecule has 0 unspecified atom stereocenters. The third-order valence-corrected chi connectivity index (χ3v) is 4.34. The standard InChI is InChI=1S/C17H30N4O/c1-11(2)19-16(22)13-8-6-12(7-9-13)14-10-15(18)20-21(14)17(3,4)5/h10-13H,6-9H2,1-5H3,(H2,18,20)(H,19,22). The van der Waals surface area contributed by atoms with Crippen molar-refractivity contribution in [2.75, 3.05) is 5.73 Å². The number of nitrogens with two attached hydrogens (primary N) is 1. The number of anilines is 1. The molecule has 1 heterocycles. The normalized spacial score (nSPS) is 22.8. The van der Waals surface area contributed by atoms with Gasteiger partial charge in [-0.1, -0.05) is 0 Å². The molecule has 2 rings (SSSR count). The Morgan fingerprint density at radius 1 is 1.32 bits per heavy atom. The summed E-state index contributed by atoms with van der Waals surface area (Å²) in [6.07, 6.45) is 3.94. The Kier molecular flexibility index (Phi) is 4.83. The third kappa shape index (κ3) is 3.81. The molecule has 1 amide bonds. The van der Waals surface area contributed by atoms with Crippen molar-refractivity contribution >= 4 is 11.7 Å². The van der Waals surface area contributed by atoms with Gasteiger partial charge in [-0.15, -0.1) is 0 Å². The van der Waals surface area contributed by atoms with Crippen LogP contribution in [0.5, 0.6) is 0 Å². The van der Waals surface area contributed by atoms with Gasteiger partial charge in [0, 0.05) is 29.6 Å². The number of amides is 1. The predicted molar refractivity (Wildman–Crippen MR) is 89.6 cm³/mol. The van der Waals surface area contributed by atoms with Gasteiger partial charge in [0.1, 0.15) is 5.82 Å². The summed E-state index contributed by atoms with van der Waals surface area (Å²) in [5, 5.41) is 7.50. The molecular formula is C17H30N4O. The average molecular weight is 306 g/mol. The quantitative estimate of drug-likeness (QED) is 0.901. The van der Waals surface area contributed by atoms with Crippen molar-refractivity contribution in [1.29, 1.82) is 0 Å². The molecule has 0 atom stereocenters. The minimum Gasteiger partial charge on any atom is -0.382 e. The largest absolute Gasteiger partial charge is 0.382 e. The summed E-state index contributed by atoms with van der Waals surface area (Å²) < 4.78 is 2.06. The minimum absolute atomic E-state index is 0.0706. The van der Waals surface area contributed by atoms with Gasteiger partial charge in [0.2, 0.25) is 5.91 Å². The van der Waals surface area contributed by atoms with Crippen LogP contribution >= 0.6 is 0 Å². The Morgan fingerprint density at radius 3 is 2.41 bits per heavy atom. The summed E-state index contributed by atoms with van der Waals surface area (Å²) in [5.41, 5.74) is 7.06. The fourth-order valence-electron chi connectivity index (χ4n) is 3.30. The van der Waals surface area contributed by atoms with E-state index >= 15 is 0 Å². The maximum atomic E-state index is 12.1. The van der Waals surface area contributed by atoms with E-state index in [2.05, 4.69) is 35.9 Å². The molecule has 1 aliphatic rings. The fraction of sp³-hybridized carbons (Fsp3) is 0.765. The summed E-state index contributed by atoms with van der Waals surface area (Å²) in [5.74, 6) is 1.40. The number of nitrogens with zero attached hydrogens (tertiary/aromatic N) is 2. The predicted octanol–water partition coefficient (Wildman–Crippen LogP) is 3.02.